The number of halogens is 1. The van der Waals surface area contributed by atoms with Crippen LogP contribution in [0.15, 0.2) is 42.5 Å². The van der Waals surface area contributed by atoms with Crippen molar-refractivity contribution in [1.82, 2.24) is 0 Å². The van der Waals surface area contributed by atoms with Crippen molar-refractivity contribution in [1.29, 1.82) is 0 Å². The third-order valence-electron chi connectivity index (χ3n) is 3.68. The number of Topliss-reactive ketones (excluding diaryl/α,β-unsaturated/α-hetero) is 1. The van der Waals surface area contributed by atoms with Crippen molar-refractivity contribution in [3.8, 4) is 11.5 Å². The zero-order valence-corrected chi connectivity index (χ0v) is 11.6. The average Bonchev–Trinajstić information content (AvgIpc) is 2.91. The lowest BCUT2D eigenvalue weighted by Gasteiger charge is -2.09. The van der Waals surface area contributed by atoms with Gasteiger partial charge in [0, 0.05) is 12.0 Å². The lowest BCUT2D eigenvalue weighted by Crippen LogP contribution is -2.16. The average molecular weight is 286 g/mol. The number of benzene rings is 2. The van der Waals surface area contributed by atoms with E-state index in [1.54, 1.807) is 6.07 Å². The fourth-order valence-electron chi connectivity index (χ4n) is 2.57. The van der Waals surface area contributed by atoms with Crippen molar-refractivity contribution in [3.05, 3.63) is 59.4 Å². The van der Waals surface area contributed by atoms with Gasteiger partial charge in [-0.25, -0.2) is 4.39 Å². The number of methoxy groups -OCH3 is 1. The molecule has 108 valence electrons. The molecule has 2 aromatic carbocycles. The SMILES string of the molecule is COc1ccc(CC(=O)C2COc3ccccc32)cc1F. The molecule has 1 aliphatic heterocycles. The summed E-state index contributed by atoms with van der Waals surface area (Å²) in [4.78, 5) is 12.4. The Morgan fingerprint density at radius 2 is 2.14 bits per heavy atom. The Morgan fingerprint density at radius 1 is 1.33 bits per heavy atom. The summed E-state index contributed by atoms with van der Waals surface area (Å²) in [6.45, 7) is 0.358. The molecule has 1 aliphatic rings. The fourth-order valence-corrected chi connectivity index (χ4v) is 2.57. The van der Waals surface area contributed by atoms with Crippen molar-refractivity contribution in [3.63, 3.8) is 0 Å². The normalized spacial score (nSPS) is 16.2. The van der Waals surface area contributed by atoms with E-state index in [-0.39, 0.29) is 23.9 Å². The predicted molar refractivity (Wildman–Crippen MR) is 76.3 cm³/mol. The van der Waals surface area contributed by atoms with E-state index >= 15 is 0 Å². The Morgan fingerprint density at radius 3 is 2.90 bits per heavy atom. The Labute approximate surface area is 122 Å². The van der Waals surface area contributed by atoms with Gasteiger partial charge in [-0.1, -0.05) is 24.3 Å². The molecule has 3 nitrogen and oxygen atoms in total. The Hall–Kier alpha value is -2.36. The fraction of sp³-hybridized carbons (Fsp3) is 0.235. The summed E-state index contributed by atoms with van der Waals surface area (Å²) in [5.41, 5.74) is 1.55. The first-order chi connectivity index (χ1) is 10.2. The van der Waals surface area contributed by atoms with Gasteiger partial charge in [0.1, 0.15) is 18.1 Å². The van der Waals surface area contributed by atoms with E-state index in [9.17, 15) is 9.18 Å². The molecule has 4 heteroatoms. The van der Waals surface area contributed by atoms with Crippen LogP contribution in [0.4, 0.5) is 4.39 Å². The predicted octanol–water partition coefficient (Wildman–Crippen LogP) is 3.12. The third-order valence-corrected chi connectivity index (χ3v) is 3.68. The molecule has 0 amide bonds. The number of carbonyl (C=O) groups excluding carboxylic acids is 1. The largest absolute Gasteiger partial charge is 0.494 e. The second-order valence-electron chi connectivity index (χ2n) is 5.01. The van der Waals surface area contributed by atoms with E-state index in [4.69, 9.17) is 9.47 Å². The summed E-state index contributed by atoms with van der Waals surface area (Å²) in [6, 6.07) is 12.1. The Kier molecular flexibility index (Phi) is 3.60. The standard InChI is InChI=1S/C17H15FO3/c1-20-17-7-6-11(8-14(17)18)9-15(19)13-10-21-16-5-3-2-4-12(13)16/h2-8,13H,9-10H2,1H3. The first-order valence-electron chi connectivity index (χ1n) is 6.76. The van der Waals surface area contributed by atoms with Gasteiger partial charge in [0.2, 0.25) is 0 Å². The van der Waals surface area contributed by atoms with E-state index in [2.05, 4.69) is 0 Å². The van der Waals surface area contributed by atoms with Gasteiger partial charge in [-0.3, -0.25) is 4.79 Å². The molecular weight excluding hydrogens is 271 g/mol. The number of carbonyl (C=O) groups is 1. The summed E-state index contributed by atoms with van der Waals surface area (Å²) in [5, 5.41) is 0. The summed E-state index contributed by atoms with van der Waals surface area (Å²) < 4.78 is 24.0. The van der Waals surface area contributed by atoms with Crippen LogP contribution in [0, 0.1) is 5.82 Å². The minimum absolute atomic E-state index is 0.0320. The molecular formula is C17H15FO3. The topological polar surface area (TPSA) is 35.5 Å². The molecule has 0 spiro atoms. The molecule has 0 bridgehead atoms. The van der Waals surface area contributed by atoms with Crippen molar-refractivity contribution in [2.45, 2.75) is 12.3 Å². The van der Waals surface area contributed by atoms with Gasteiger partial charge in [-0.15, -0.1) is 0 Å². The summed E-state index contributed by atoms with van der Waals surface area (Å²) in [7, 11) is 1.41. The monoisotopic (exact) mass is 286 g/mol. The lowest BCUT2D eigenvalue weighted by atomic mass is 9.93. The highest BCUT2D eigenvalue weighted by molar-refractivity contribution is 5.89. The molecule has 0 aliphatic carbocycles. The van der Waals surface area contributed by atoms with Crippen LogP contribution in [0.1, 0.15) is 17.0 Å². The third kappa shape index (κ3) is 2.61. The molecule has 1 heterocycles. The van der Waals surface area contributed by atoms with Crippen LogP contribution in [-0.2, 0) is 11.2 Å². The number of ketones is 1. The zero-order chi connectivity index (χ0) is 14.8. The first-order valence-corrected chi connectivity index (χ1v) is 6.76. The van der Waals surface area contributed by atoms with E-state index in [1.165, 1.54) is 19.2 Å². The quantitative estimate of drug-likeness (QED) is 0.866. The Balaban J connectivity index is 1.77. The highest BCUT2D eigenvalue weighted by Gasteiger charge is 2.29. The molecule has 0 fully saturated rings. The molecule has 21 heavy (non-hydrogen) atoms. The minimum Gasteiger partial charge on any atom is -0.494 e. The van der Waals surface area contributed by atoms with Gasteiger partial charge in [0.05, 0.1) is 13.0 Å². The van der Waals surface area contributed by atoms with Gasteiger partial charge in [0.15, 0.2) is 11.6 Å². The zero-order valence-electron chi connectivity index (χ0n) is 11.6. The van der Waals surface area contributed by atoms with Crippen LogP contribution in [0.5, 0.6) is 11.5 Å². The number of fused-ring (bicyclic) bond motifs is 1. The summed E-state index contributed by atoms with van der Waals surface area (Å²) >= 11 is 0. The minimum atomic E-state index is -0.453. The Bertz CT molecular complexity index is 681. The highest BCUT2D eigenvalue weighted by atomic mass is 19.1. The molecule has 3 rings (SSSR count). The van der Waals surface area contributed by atoms with Gasteiger partial charge in [-0.05, 0) is 23.8 Å². The lowest BCUT2D eigenvalue weighted by molar-refractivity contribution is -0.120. The van der Waals surface area contributed by atoms with Gasteiger partial charge in [0.25, 0.3) is 0 Å². The van der Waals surface area contributed by atoms with Crippen LogP contribution >= 0.6 is 0 Å². The first kappa shape index (κ1) is 13.6. The van der Waals surface area contributed by atoms with Gasteiger partial charge in [-0.2, -0.15) is 0 Å². The van der Waals surface area contributed by atoms with E-state index in [0.29, 0.717) is 12.2 Å². The maximum atomic E-state index is 13.7. The van der Waals surface area contributed by atoms with Crippen LogP contribution in [0.2, 0.25) is 0 Å². The number of hydrogen-bond donors (Lipinski definition) is 0. The number of ether oxygens (including phenoxy) is 2. The van der Waals surface area contributed by atoms with Gasteiger partial charge < -0.3 is 9.47 Å². The number of rotatable bonds is 4. The molecule has 0 saturated heterocycles. The molecule has 1 unspecified atom stereocenters. The van der Waals surface area contributed by atoms with Crippen LogP contribution in [-0.4, -0.2) is 19.5 Å². The number of hydrogen-bond acceptors (Lipinski definition) is 3. The van der Waals surface area contributed by atoms with Crippen LogP contribution < -0.4 is 9.47 Å². The molecule has 2 aromatic rings. The van der Waals surface area contributed by atoms with Crippen molar-refractivity contribution in [2.24, 2.45) is 0 Å². The highest BCUT2D eigenvalue weighted by Crippen LogP contribution is 2.34. The summed E-state index contributed by atoms with van der Waals surface area (Å²) in [5.74, 6) is 0.249. The van der Waals surface area contributed by atoms with Crippen molar-refractivity contribution >= 4 is 5.78 Å². The molecule has 0 N–H and O–H groups in total. The molecule has 0 radical (unpaired) electrons. The van der Waals surface area contributed by atoms with E-state index in [0.717, 1.165) is 11.3 Å². The van der Waals surface area contributed by atoms with Gasteiger partial charge >= 0.3 is 0 Å². The van der Waals surface area contributed by atoms with Crippen LogP contribution in [0.3, 0.4) is 0 Å². The number of para-hydroxylation sites is 1. The second-order valence-corrected chi connectivity index (χ2v) is 5.01. The summed E-state index contributed by atoms with van der Waals surface area (Å²) in [6.07, 6.45) is 0.184. The second kappa shape index (κ2) is 5.56. The van der Waals surface area contributed by atoms with Crippen molar-refractivity contribution < 1.29 is 18.7 Å². The molecule has 0 saturated carbocycles. The maximum Gasteiger partial charge on any atom is 0.165 e. The maximum absolute atomic E-state index is 13.7. The van der Waals surface area contributed by atoms with E-state index < -0.39 is 5.82 Å². The van der Waals surface area contributed by atoms with Crippen molar-refractivity contribution in [2.75, 3.05) is 13.7 Å². The molecule has 1 atom stereocenters. The van der Waals surface area contributed by atoms with Crippen LogP contribution in [0.25, 0.3) is 0 Å². The van der Waals surface area contributed by atoms with E-state index in [1.807, 2.05) is 24.3 Å². The molecule has 0 aromatic heterocycles. The smallest absolute Gasteiger partial charge is 0.165 e.